The first-order valence-electron chi connectivity index (χ1n) is 6.02. The SMILES string of the molecule is CC(C)(C)CC(=O)NCCNC(=O)CCC(N)=O. The summed E-state index contributed by atoms with van der Waals surface area (Å²) in [4.78, 5) is 33.1. The van der Waals surface area contributed by atoms with Crippen molar-refractivity contribution in [1.82, 2.24) is 10.6 Å². The Morgan fingerprint density at radius 1 is 0.944 bits per heavy atom. The average molecular weight is 257 g/mol. The Labute approximate surface area is 108 Å². The second-order valence-corrected chi connectivity index (χ2v) is 5.40. The topological polar surface area (TPSA) is 101 Å². The molecule has 6 heteroatoms. The van der Waals surface area contributed by atoms with Gasteiger partial charge in [-0.2, -0.15) is 0 Å². The van der Waals surface area contributed by atoms with Crippen LogP contribution in [0.2, 0.25) is 0 Å². The summed E-state index contributed by atoms with van der Waals surface area (Å²) in [7, 11) is 0. The molecule has 0 aliphatic heterocycles. The molecule has 18 heavy (non-hydrogen) atoms. The van der Waals surface area contributed by atoms with Gasteiger partial charge in [-0.3, -0.25) is 14.4 Å². The minimum atomic E-state index is -0.497. The molecule has 0 fully saturated rings. The molecule has 4 N–H and O–H groups in total. The van der Waals surface area contributed by atoms with Gasteiger partial charge >= 0.3 is 0 Å². The zero-order chi connectivity index (χ0) is 14.2. The number of hydrogen-bond acceptors (Lipinski definition) is 3. The van der Waals surface area contributed by atoms with E-state index in [1.54, 1.807) is 0 Å². The summed E-state index contributed by atoms with van der Waals surface area (Å²) in [6.45, 7) is 6.69. The van der Waals surface area contributed by atoms with Crippen molar-refractivity contribution in [3.8, 4) is 0 Å². The second kappa shape index (κ2) is 7.68. The molecular weight excluding hydrogens is 234 g/mol. The first-order chi connectivity index (χ1) is 8.20. The lowest BCUT2D eigenvalue weighted by Crippen LogP contribution is -2.36. The predicted molar refractivity (Wildman–Crippen MR) is 68.5 cm³/mol. The van der Waals surface area contributed by atoms with Crippen molar-refractivity contribution in [3.63, 3.8) is 0 Å². The number of amides is 3. The highest BCUT2D eigenvalue weighted by Gasteiger charge is 2.15. The molecule has 0 atom stereocenters. The number of carbonyl (C=O) groups is 3. The highest BCUT2D eigenvalue weighted by Crippen LogP contribution is 2.17. The van der Waals surface area contributed by atoms with E-state index in [1.807, 2.05) is 20.8 Å². The molecular formula is C12H23N3O3. The zero-order valence-corrected chi connectivity index (χ0v) is 11.3. The number of nitrogens with two attached hydrogens (primary N) is 1. The van der Waals surface area contributed by atoms with Gasteiger partial charge in [0.2, 0.25) is 17.7 Å². The van der Waals surface area contributed by atoms with E-state index in [-0.39, 0.29) is 30.1 Å². The Balaban J connectivity index is 3.59. The smallest absolute Gasteiger partial charge is 0.220 e. The van der Waals surface area contributed by atoms with Gasteiger partial charge in [0, 0.05) is 32.4 Å². The van der Waals surface area contributed by atoms with Crippen LogP contribution in [0.4, 0.5) is 0 Å². The summed E-state index contributed by atoms with van der Waals surface area (Å²) >= 11 is 0. The highest BCUT2D eigenvalue weighted by molar-refractivity contribution is 5.82. The fourth-order valence-electron chi connectivity index (χ4n) is 1.27. The normalized spacial score (nSPS) is 10.8. The van der Waals surface area contributed by atoms with E-state index in [2.05, 4.69) is 10.6 Å². The largest absolute Gasteiger partial charge is 0.370 e. The molecule has 3 amide bonds. The first-order valence-corrected chi connectivity index (χ1v) is 6.02. The molecule has 0 aliphatic rings. The summed E-state index contributed by atoms with van der Waals surface area (Å²) in [6, 6.07) is 0. The molecule has 0 aromatic heterocycles. The third-order valence-corrected chi connectivity index (χ3v) is 2.06. The van der Waals surface area contributed by atoms with Crippen LogP contribution in [0.5, 0.6) is 0 Å². The van der Waals surface area contributed by atoms with E-state index in [9.17, 15) is 14.4 Å². The molecule has 0 rings (SSSR count). The minimum Gasteiger partial charge on any atom is -0.370 e. The van der Waals surface area contributed by atoms with Gasteiger partial charge in [0.15, 0.2) is 0 Å². The molecule has 0 bridgehead atoms. The summed E-state index contributed by atoms with van der Waals surface area (Å²) in [5.74, 6) is -0.767. The molecule has 0 saturated heterocycles. The standard InChI is InChI=1S/C12H23N3O3/c1-12(2,3)8-11(18)15-7-6-14-10(17)5-4-9(13)16/h4-8H2,1-3H3,(H2,13,16)(H,14,17)(H,15,18). The van der Waals surface area contributed by atoms with Crippen molar-refractivity contribution in [2.75, 3.05) is 13.1 Å². The molecule has 0 aliphatic carbocycles. The van der Waals surface area contributed by atoms with Crippen LogP contribution in [0.3, 0.4) is 0 Å². The van der Waals surface area contributed by atoms with Crippen LogP contribution in [0.15, 0.2) is 0 Å². The van der Waals surface area contributed by atoms with Gasteiger partial charge < -0.3 is 16.4 Å². The fraction of sp³-hybridized carbons (Fsp3) is 0.750. The van der Waals surface area contributed by atoms with Crippen molar-refractivity contribution in [3.05, 3.63) is 0 Å². The van der Waals surface area contributed by atoms with Crippen LogP contribution < -0.4 is 16.4 Å². The molecule has 0 spiro atoms. The monoisotopic (exact) mass is 257 g/mol. The molecule has 0 unspecified atom stereocenters. The van der Waals surface area contributed by atoms with Gasteiger partial charge in [0.1, 0.15) is 0 Å². The molecule has 0 aromatic carbocycles. The van der Waals surface area contributed by atoms with Gasteiger partial charge in [-0.05, 0) is 5.41 Å². The Morgan fingerprint density at radius 3 is 1.89 bits per heavy atom. The lowest BCUT2D eigenvalue weighted by Gasteiger charge is -2.17. The highest BCUT2D eigenvalue weighted by atomic mass is 16.2. The number of carbonyl (C=O) groups excluding carboxylic acids is 3. The Morgan fingerprint density at radius 2 is 1.44 bits per heavy atom. The zero-order valence-electron chi connectivity index (χ0n) is 11.3. The number of hydrogen-bond donors (Lipinski definition) is 3. The lowest BCUT2D eigenvalue weighted by atomic mass is 9.92. The second-order valence-electron chi connectivity index (χ2n) is 5.40. The summed E-state index contributed by atoms with van der Waals surface area (Å²) in [6.07, 6.45) is 0.579. The third-order valence-electron chi connectivity index (χ3n) is 2.06. The molecule has 0 heterocycles. The maximum atomic E-state index is 11.4. The van der Waals surface area contributed by atoms with Crippen LogP contribution >= 0.6 is 0 Å². The van der Waals surface area contributed by atoms with E-state index < -0.39 is 5.91 Å². The summed E-state index contributed by atoms with van der Waals surface area (Å²) < 4.78 is 0. The van der Waals surface area contributed by atoms with E-state index in [4.69, 9.17) is 5.73 Å². The van der Waals surface area contributed by atoms with Gasteiger partial charge in [0.25, 0.3) is 0 Å². The van der Waals surface area contributed by atoms with Gasteiger partial charge in [-0.1, -0.05) is 20.8 Å². The lowest BCUT2D eigenvalue weighted by molar-refractivity contribution is -0.125. The molecule has 104 valence electrons. The number of primary amides is 1. The minimum absolute atomic E-state index is 0.0334. The molecule has 6 nitrogen and oxygen atoms in total. The van der Waals surface area contributed by atoms with Crippen LogP contribution in [0.1, 0.15) is 40.0 Å². The van der Waals surface area contributed by atoms with Gasteiger partial charge in [-0.25, -0.2) is 0 Å². The molecule has 0 radical (unpaired) electrons. The molecule has 0 saturated carbocycles. The van der Waals surface area contributed by atoms with Crippen LogP contribution in [-0.4, -0.2) is 30.8 Å². The summed E-state index contributed by atoms with van der Waals surface area (Å²) in [5, 5.41) is 5.31. The number of nitrogens with one attached hydrogen (secondary N) is 2. The fourth-order valence-corrected chi connectivity index (χ4v) is 1.27. The van der Waals surface area contributed by atoms with Gasteiger partial charge in [0.05, 0.1) is 0 Å². The van der Waals surface area contributed by atoms with E-state index in [0.717, 1.165) is 0 Å². The Bertz CT molecular complexity index is 308. The third kappa shape index (κ3) is 10.9. The predicted octanol–water partition coefficient (Wildman–Crippen LogP) is -0.0795. The summed E-state index contributed by atoms with van der Waals surface area (Å²) in [5.41, 5.74) is 4.87. The van der Waals surface area contributed by atoms with Crippen molar-refractivity contribution >= 4 is 17.7 Å². The van der Waals surface area contributed by atoms with E-state index in [1.165, 1.54) is 0 Å². The van der Waals surface area contributed by atoms with Crippen molar-refractivity contribution in [1.29, 1.82) is 0 Å². The van der Waals surface area contributed by atoms with E-state index >= 15 is 0 Å². The van der Waals surface area contributed by atoms with E-state index in [0.29, 0.717) is 19.5 Å². The van der Waals surface area contributed by atoms with Gasteiger partial charge in [-0.15, -0.1) is 0 Å². The first kappa shape index (κ1) is 16.4. The van der Waals surface area contributed by atoms with Crippen molar-refractivity contribution in [2.24, 2.45) is 11.1 Å². The van der Waals surface area contributed by atoms with Crippen molar-refractivity contribution in [2.45, 2.75) is 40.0 Å². The molecule has 0 aromatic rings. The number of rotatable bonds is 7. The maximum absolute atomic E-state index is 11.4. The Hall–Kier alpha value is -1.59. The van der Waals surface area contributed by atoms with Crippen molar-refractivity contribution < 1.29 is 14.4 Å². The van der Waals surface area contributed by atoms with Crippen LogP contribution in [-0.2, 0) is 14.4 Å². The Kier molecular flexibility index (Phi) is 7.00. The average Bonchev–Trinajstić information content (AvgIpc) is 2.19. The maximum Gasteiger partial charge on any atom is 0.220 e. The van der Waals surface area contributed by atoms with Crippen LogP contribution in [0.25, 0.3) is 0 Å². The van der Waals surface area contributed by atoms with Crippen LogP contribution in [0, 0.1) is 5.41 Å². The quantitative estimate of drug-likeness (QED) is 0.556.